The molecular weight excluding hydrogens is 288 g/mol. The van der Waals surface area contributed by atoms with Gasteiger partial charge in [-0.15, -0.1) is 11.8 Å². The molecular formula is C12H15BrO2S. The summed E-state index contributed by atoms with van der Waals surface area (Å²) in [5.74, 6) is 0.167. The largest absolute Gasteiger partial charge is 0.478 e. The molecule has 0 saturated heterocycles. The summed E-state index contributed by atoms with van der Waals surface area (Å²) in [6.45, 7) is 2.17. The summed E-state index contributed by atoms with van der Waals surface area (Å²) in [5, 5.41) is 8.91. The highest BCUT2D eigenvalue weighted by atomic mass is 79.9. The highest BCUT2D eigenvalue weighted by Crippen LogP contribution is 2.25. The minimum atomic E-state index is -0.878. The minimum Gasteiger partial charge on any atom is -0.478 e. The first kappa shape index (κ1) is 13.6. The van der Waals surface area contributed by atoms with Crippen LogP contribution in [0.25, 0.3) is 0 Å². The average molecular weight is 303 g/mol. The summed E-state index contributed by atoms with van der Waals surface area (Å²) in [4.78, 5) is 11.9. The molecule has 88 valence electrons. The number of carboxylic acids is 1. The van der Waals surface area contributed by atoms with Crippen LogP contribution in [0.2, 0.25) is 0 Å². The molecule has 4 heteroatoms. The van der Waals surface area contributed by atoms with Gasteiger partial charge in [-0.3, -0.25) is 0 Å². The molecule has 0 unspecified atom stereocenters. The van der Waals surface area contributed by atoms with E-state index in [1.54, 1.807) is 23.9 Å². The number of halogens is 1. The van der Waals surface area contributed by atoms with Crippen LogP contribution in [0, 0.1) is 0 Å². The molecule has 0 fully saturated rings. The highest BCUT2D eigenvalue weighted by Gasteiger charge is 2.06. The number of hydrogen-bond donors (Lipinski definition) is 1. The number of aromatic carboxylic acids is 1. The monoisotopic (exact) mass is 302 g/mol. The Labute approximate surface area is 109 Å². The molecule has 1 N–H and O–H groups in total. The van der Waals surface area contributed by atoms with Crippen molar-refractivity contribution < 1.29 is 9.90 Å². The van der Waals surface area contributed by atoms with Crippen LogP contribution >= 0.6 is 27.7 Å². The average Bonchev–Trinajstić information content (AvgIpc) is 2.23. The minimum absolute atomic E-state index is 0.340. The zero-order valence-electron chi connectivity index (χ0n) is 9.20. The van der Waals surface area contributed by atoms with E-state index < -0.39 is 5.97 Å². The van der Waals surface area contributed by atoms with Gasteiger partial charge in [0.25, 0.3) is 0 Å². The third-order valence-electron chi connectivity index (χ3n) is 2.13. The summed E-state index contributed by atoms with van der Waals surface area (Å²) in [6, 6.07) is 5.31. The van der Waals surface area contributed by atoms with E-state index in [4.69, 9.17) is 5.11 Å². The van der Waals surface area contributed by atoms with Crippen molar-refractivity contribution >= 4 is 33.7 Å². The van der Waals surface area contributed by atoms with Crippen molar-refractivity contribution in [3.05, 3.63) is 28.2 Å². The smallest absolute Gasteiger partial charge is 0.335 e. The Morgan fingerprint density at radius 1 is 1.38 bits per heavy atom. The molecule has 0 spiro atoms. The Hall–Kier alpha value is -0.480. The second-order valence-corrected chi connectivity index (χ2v) is 5.62. The lowest BCUT2D eigenvalue weighted by atomic mass is 10.2. The SMILES string of the molecule is CCCCCSc1cc(Br)cc(C(=O)O)c1. The Balaban J connectivity index is 2.62. The fraction of sp³-hybridized carbons (Fsp3) is 0.417. The molecule has 1 rings (SSSR count). The van der Waals surface area contributed by atoms with Crippen LogP contribution in [-0.4, -0.2) is 16.8 Å². The van der Waals surface area contributed by atoms with Crippen molar-refractivity contribution in [3.8, 4) is 0 Å². The van der Waals surface area contributed by atoms with Crippen LogP contribution in [0.1, 0.15) is 36.5 Å². The van der Waals surface area contributed by atoms with Gasteiger partial charge < -0.3 is 5.11 Å². The lowest BCUT2D eigenvalue weighted by Gasteiger charge is -2.04. The molecule has 0 heterocycles. The topological polar surface area (TPSA) is 37.3 Å². The van der Waals surface area contributed by atoms with Crippen molar-refractivity contribution in [2.24, 2.45) is 0 Å². The number of thioether (sulfide) groups is 1. The van der Waals surface area contributed by atoms with E-state index in [2.05, 4.69) is 22.9 Å². The van der Waals surface area contributed by atoms with Gasteiger partial charge in [0.2, 0.25) is 0 Å². The van der Waals surface area contributed by atoms with Crippen molar-refractivity contribution in [1.82, 2.24) is 0 Å². The van der Waals surface area contributed by atoms with Gasteiger partial charge in [0.1, 0.15) is 0 Å². The van der Waals surface area contributed by atoms with E-state index >= 15 is 0 Å². The summed E-state index contributed by atoms with van der Waals surface area (Å²) < 4.78 is 0.824. The number of rotatable bonds is 6. The van der Waals surface area contributed by atoms with E-state index in [1.165, 1.54) is 19.3 Å². The standard InChI is InChI=1S/C12H15BrO2S/c1-2-3-4-5-16-11-7-9(12(14)15)6-10(13)8-11/h6-8H,2-5H2,1H3,(H,14,15). The first-order valence-electron chi connectivity index (χ1n) is 5.30. The molecule has 1 aromatic rings. The van der Waals surface area contributed by atoms with Gasteiger partial charge in [-0.1, -0.05) is 35.7 Å². The summed E-state index contributed by atoms with van der Waals surface area (Å²) in [6.07, 6.45) is 3.61. The van der Waals surface area contributed by atoms with Crippen LogP contribution < -0.4 is 0 Å². The summed E-state index contributed by atoms with van der Waals surface area (Å²) in [7, 11) is 0. The second-order valence-electron chi connectivity index (χ2n) is 3.54. The van der Waals surface area contributed by atoms with Gasteiger partial charge in [-0.2, -0.15) is 0 Å². The normalized spacial score (nSPS) is 10.4. The van der Waals surface area contributed by atoms with Crippen molar-refractivity contribution in [2.75, 3.05) is 5.75 Å². The van der Waals surface area contributed by atoms with Crippen molar-refractivity contribution in [3.63, 3.8) is 0 Å². The predicted octanol–water partition coefficient (Wildman–Crippen LogP) is 4.43. The van der Waals surface area contributed by atoms with Crippen LogP contribution in [0.4, 0.5) is 0 Å². The van der Waals surface area contributed by atoms with Gasteiger partial charge in [-0.25, -0.2) is 4.79 Å². The van der Waals surface area contributed by atoms with Gasteiger partial charge >= 0.3 is 5.97 Å². The summed E-state index contributed by atoms with van der Waals surface area (Å²) in [5.41, 5.74) is 0.340. The van der Waals surface area contributed by atoms with Crippen LogP contribution in [0.3, 0.4) is 0 Å². The van der Waals surface area contributed by atoms with Gasteiger partial charge in [0.05, 0.1) is 5.56 Å². The van der Waals surface area contributed by atoms with Crippen LogP contribution in [-0.2, 0) is 0 Å². The Bertz CT molecular complexity index is 366. The van der Waals surface area contributed by atoms with Crippen molar-refractivity contribution in [2.45, 2.75) is 31.1 Å². The highest BCUT2D eigenvalue weighted by molar-refractivity contribution is 9.10. The van der Waals surface area contributed by atoms with Gasteiger partial charge in [0, 0.05) is 9.37 Å². The Morgan fingerprint density at radius 3 is 2.75 bits per heavy atom. The molecule has 1 aromatic carbocycles. The van der Waals surface area contributed by atoms with E-state index in [9.17, 15) is 4.79 Å². The third-order valence-corrected chi connectivity index (χ3v) is 3.65. The van der Waals surface area contributed by atoms with E-state index in [1.807, 2.05) is 6.07 Å². The predicted molar refractivity (Wildman–Crippen MR) is 71.4 cm³/mol. The maximum Gasteiger partial charge on any atom is 0.335 e. The van der Waals surface area contributed by atoms with Crippen LogP contribution in [0.15, 0.2) is 27.6 Å². The Kier molecular flexibility index (Phi) is 5.91. The first-order valence-corrected chi connectivity index (χ1v) is 7.08. The fourth-order valence-electron chi connectivity index (χ4n) is 1.31. The van der Waals surface area contributed by atoms with Gasteiger partial charge in [0.15, 0.2) is 0 Å². The van der Waals surface area contributed by atoms with Crippen LogP contribution in [0.5, 0.6) is 0 Å². The molecule has 0 saturated carbocycles. The van der Waals surface area contributed by atoms with E-state index in [-0.39, 0.29) is 0 Å². The fourth-order valence-corrected chi connectivity index (χ4v) is 2.96. The van der Waals surface area contributed by atoms with Crippen molar-refractivity contribution in [1.29, 1.82) is 0 Å². The zero-order valence-corrected chi connectivity index (χ0v) is 11.6. The maximum atomic E-state index is 10.9. The lowest BCUT2D eigenvalue weighted by molar-refractivity contribution is 0.0696. The molecule has 0 bridgehead atoms. The maximum absolute atomic E-state index is 10.9. The number of benzene rings is 1. The number of hydrogen-bond acceptors (Lipinski definition) is 2. The molecule has 0 radical (unpaired) electrons. The molecule has 0 aliphatic rings. The quantitative estimate of drug-likeness (QED) is 0.624. The Morgan fingerprint density at radius 2 is 2.12 bits per heavy atom. The molecule has 0 aliphatic carbocycles. The molecule has 0 atom stereocenters. The number of carboxylic acid groups (broad SMARTS) is 1. The second kappa shape index (κ2) is 6.97. The molecule has 0 amide bonds. The molecule has 0 aliphatic heterocycles. The number of carbonyl (C=O) groups is 1. The lowest BCUT2D eigenvalue weighted by Crippen LogP contribution is -1.96. The molecule has 2 nitrogen and oxygen atoms in total. The first-order chi connectivity index (χ1) is 7.63. The molecule has 16 heavy (non-hydrogen) atoms. The molecule has 0 aromatic heterocycles. The third kappa shape index (κ3) is 4.58. The number of unbranched alkanes of at least 4 members (excludes halogenated alkanes) is 2. The zero-order chi connectivity index (χ0) is 12.0. The van der Waals surface area contributed by atoms with E-state index in [0.717, 1.165) is 15.1 Å². The summed E-state index contributed by atoms with van der Waals surface area (Å²) >= 11 is 5.04. The van der Waals surface area contributed by atoms with Gasteiger partial charge in [-0.05, 0) is 30.4 Å². The van der Waals surface area contributed by atoms with E-state index in [0.29, 0.717) is 5.56 Å².